The summed E-state index contributed by atoms with van der Waals surface area (Å²) in [6, 6.07) is 0.0313. The molecule has 3 rings (SSSR count). The molecule has 1 saturated carbocycles. The lowest BCUT2D eigenvalue weighted by Crippen LogP contribution is -2.70. The summed E-state index contributed by atoms with van der Waals surface area (Å²) >= 11 is 0. The standard InChI is InChI=1S/C13H21NO6S/c1-3-12(20-21(2,16)17)10-8-9(14-11(12)15)4-5-13(10)18-6-7-19-13/h9-10H,3-8H2,1-2H3,(H,14,15)/t9-,10+,12+/m1/s1. The van der Waals surface area contributed by atoms with Crippen LogP contribution in [0, 0.1) is 5.92 Å². The Balaban J connectivity index is 2.04. The smallest absolute Gasteiger partial charge is 0.265 e. The van der Waals surface area contributed by atoms with Crippen LogP contribution >= 0.6 is 0 Å². The maximum atomic E-state index is 12.6. The van der Waals surface area contributed by atoms with Crippen LogP contribution in [-0.2, 0) is 28.6 Å². The van der Waals surface area contributed by atoms with Crippen molar-refractivity contribution in [3.63, 3.8) is 0 Å². The Kier molecular flexibility index (Phi) is 3.55. The van der Waals surface area contributed by atoms with E-state index >= 15 is 0 Å². The van der Waals surface area contributed by atoms with Gasteiger partial charge in [0.05, 0.1) is 25.4 Å². The van der Waals surface area contributed by atoms with Crippen LogP contribution in [0.5, 0.6) is 0 Å². The van der Waals surface area contributed by atoms with E-state index in [2.05, 4.69) is 5.32 Å². The first-order valence-corrected chi connectivity index (χ1v) is 9.12. The van der Waals surface area contributed by atoms with Gasteiger partial charge in [-0.15, -0.1) is 0 Å². The number of rotatable bonds is 3. The van der Waals surface area contributed by atoms with Gasteiger partial charge in [0.25, 0.3) is 16.0 Å². The number of hydrogen-bond acceptors (Lipinski definition) is 6. The molecular weight excluding hydrogens is 298 g/mol. The summed E-state index contributed by atoms with van der Waals surface area (Å²) in [6.07, 6.45) is 3.22. The number of nitrogens with one attached hydrogen (secondary N) is 1. The molecule has 2 aliphatic heterocycles. The molecule has 7 nitrogen and oxygen atoms in total. The molecule has 2 bridgehead atoms. The summed E-state index contributed by atoms with van der Waals surface area (Å²) in [7, 11) is -3.78. The van der Waals surface area contributed by atoms with E-state index in [0.29, 0.717) is 26.1 Å². The van der Waals surface area contributed by atoms with Crippen LogP contribution in [0.1, 0.15) is 32.6 Å². The number of amides is 1. The van der Waals surface area contributed by atoms with Gasteiger partial charge in [0.15, 0.2) is 11.4 Å². The zero-order chi connectivity index (χ0) is 15.3. The van der Waals surface area contributed by atoms with Crippen molar-refractivity contribution in [2.75, 3.05) is 19.5 Å². The molecular formula is C13H21NO6S. The third-order valence-electron chi connectivity index (χ3n) is 4.78. The summed E-state index contributed by atoms with van der Waals surface area (Å²) in [5.74, 6) is -1.69. The van der Waals surface area contributed by atoms with Crippen molar-refractivity contribution in [1.82, 2.24) is 5.32 Å². The van der Waals surface area contributed by atoms with Gasteiger partial charge >= 0.3 is 0 Å². The highest BCUT2D eigenvalue weighted by Crippen LogP contribution is 2.50. The average molecular weight is 319 g/mol. The summed E-state index contributed by atoms with van der Waals surface area (Å²) in [6.45, 7) is 2.67. The molecule has 1 aliphatic carbocycles. The van der Waals surface area contributed by atoms with Gasteiger partial charge in [-0.05, 0) is 19.3 Å². The van der Waals surface area contributed by atoms with Crippen LogP contribution in [0.3, 0.4) is 0 Å². The van der Waals surface area contributed by atoms with E-state index in [1.165, 1.54) is 0 Å². The van der Waals surface area contributed by atoms with Gasteiger partial charge in [-0.2, -0.15) is 8.42 Å². The van der Waals surface area contributed by atoms with Crippen LogP contribution in [0.25, 0.3) is 0 Å². The zero-order valence-electron chi connectivity index (χ0n) is 12.3. The predicted molar refractivity (Wildman–Crippen MR) is 72.9 cm³/mol. The summed E-state index contributed by atoms with van der Waals surface area (Å²) in [5.41, 5.74) is -1.45. The maximum Gasteiger partial charge on any atom is 0.265 e. The Morgan fingerprint density at radius 2 is 2.05 bits per heavy atom. The van der Waals surface area contributed by atoms with Crippen molar-refractivity contribution < 1.29 is 26.9 Å². The molecule has 1 amide bonds. The minimum absolute atomic E-state index is 0.0313. The van der Waals surface area contributed by atoms with Crippen molar-refractivity contribution in [3.8, 4) is 0 Å². The first-order chi connectivity index (χ1) is 9.81. The number of piperidine rings is 1. The summed E-state index contributed by atoms with van der Waals surface area (Å²) in [4.78, 5) is 12.6. The molecule has 0 radical (unpaired) electrons. The van der Waals surface area contributed by atoms with Gasteiger partial charge in [0.1, 0.15) is 0 Å². The zero-order valence-corrected chi connectivity index (χ0v) is 13.1. The minimum atomic E-state index is -3.78. The molecule has 0 unspecified atom stereocenters. The molecule has 1 spiro atoms. The van der Waals surface area contributed by atoms with E-state index in [1.54, 1.807) is 6.92 Å². The quantitative estimate of drug-likeness (QED) is 0.745. The highest BCUT2D eigenvalue weighted by Gasteiger charge is 2.64. The highest BCUT2D eigenvalue weighted by molar-refractivity contribution is 7.86. The predicted octanol–water partition coefficient (Wildman–Crippen LogP) is 0.153. The second-order valence-corrected chi connectivity index (χ2v) is 7.61. The molecule has 0 aromatic carbocycles. The van der Waals surface area contributed by atoms with Crippen molar-refractivity contribution in [3.05, 3.63) is 0 Å². The fourth-order valence-electron chi connectivity index (χ4n) is 3.92. The van der Waals surface area contributed by atoms with E-state index in [4.69, 9.17) is 13.7 Å². The van der Waals surface area contributed by atoms with Crippen LogP contribution in [0.2, 0.25) is 0 Å². The van der Waals surface area contributed by atoms with Gasteiger partial charge in [-0.3, -0.25) is 8.98 Å². The minimum Gasteiger partial charge on any atom is -0.351 e. The molecule has 21 heavy (non-hydrogen) atoms. The molecule has 3 atom stereocenters. The molecule has 3 aliphatic rings. The second kappa shape index (κ2) is 4.91. The maximum absolute atomic E-state index is 12.6. The van der Waals surface area contributed by atoms with Crippen LogP contribution in [-0.4, -0.2) is 51.2 Å². The van der Waals surface area contributed by atoms with Gasteiger partial charge < -0.3 is 14.8 Å². The van der Waals surface area contributed by atoms with E-state index in [1.807, 2.05) is 0 Å². The Labute approximate surface area is 124 Å². The van der Waals surface area contributed by atoms with E-state index in [-0.39, 0.29) is 18.4 Å². The fourth-order valence-corrected chi connectivity index (χ4v) is 4.77. The van der Waals surface area contributed by atoms with Gasteiger partial charge in [-0.25, -0.2) is 0 Å². The van der Waals surface area contributed by atoms with Crippen molar-refractivity contribution in [2.45, 2.75) is 50.0 Å². The lowest BCUT2D eigenvalue weighted by atomic mass is 9.66. The summed E-state index contributed by atoms with van der Waals surface area (Å²) < 4.78 is 40.3. The van der Waals surface area contributed by atoms with Crippen LogP contribution < -0.4 is 5.32 Å². The number of carbonyl (C=O) groups excluding carboxylic acids is 1. The first kappa shape index (κ1) is 15.2. The molecule has 2 saturated heterocycles. The molecule has 0 aromatic rings. The van der Waals surface area contributed by atoms with Gasteiger partial charge in [-0.1, -0.05) is 6.92 Å². The topological polar surface area (TPSA) is 90.9 Å². The van der Waals surface area contributed by atoms with Crippen molar-refractivity contribution in [1.29, 1.82) is 0 Å². The number of fused-ring (bicyclic) bond motifs is 3. The highest BCUT2D eigenvalue weighted by atomic mass is 32.2. The number of ether oxygens (including phenoxy) is 2. The lowest BCUT2D eigenvalue weighted by molar-refractivity contribution is -0.257. The first-order valence-electron chi connectivity index (χ1n) is 7.31. The number of hydrogen-bond donors (Lipinski definition) is 1. The van der Waals surface area contributed by atoms with Gasteiger partial charge in [0.2, 0.25) is 0 Å². The lowest BCUT2D eigenvalue weighted by Gasteiger charge is -2.53. The third kappa shape index (κ3) is 2.38. The van der Waals surface area contributed by atoms with E-state index in [0.717, 1.165) is 12.7 Å². The summed E-state index contributed by atoms with van der Waals surface area (Å²) in [5, 5.41) is 2.88. The van der Waals surface area contributed by atoms with E-state index in [9.17, 15) is 13.2 Å². The SMILES string of the molecule is CC[C@@]1(OS(C)(=O)=O)C(=O)N[C@@H]2CCC3(OCCO3)[C@H]1C2. The largest absolute Gasteiger partial charge is 0.351 e. The van der Waals surface area contributed by atoms with E-state index < -0.39 is 27.4 Å². The second-order valence-electron chi connectivity index (χ2n) is 6.04. The molecule has 3 fully saturated rings. The Hall–Kier alpha value is -0.700. The van der Waals surface area contributed by atoms with Crippen molar-refractivity contribution in [2.24, 2.45) is 5.92 Å². The molecule has 120 valence electrons. The van der Waals surface area contributed by atoms with Crippen LogP contribution in [0.15, 0.2) is 0 Å². The molecule has 0 aromatic heterocycles. The normalized spacial score (nSPS) is 38.5. The molecule has 8 heteroatoms. The Morgan fingerprint density at radius 3 is 2.62 bits per heavy atom. The van der Waals surface area contributed by atoms with Crippen molar-refractivity contribution >= 4 is 16.0 Å². The Bertz CT molecular complexity index is 541. The molecule has 1 N–H and O–H groups in total. The van der Waals surface area contributed by atoms with Crippen LogP contribution in [0.4, 0.5) is 0 Å². The Morgan fingerprint density at radius 1 is 1.38 bits per heavy atom. The fraction of sp³-hybridized carbons (Fsp3) is 0.923. The average Bonchev–Trinajstić information content (AvgIpc) is 2.86. The monoisotopic (exact) mass is 319 g/mol. The third-order valence-corrected chi connectivity index (χ3v) is 5.38. The number of carbonyl (C=O) groups is 1. The molecule has 2 heterocycles. The van der Waals surface area contributed by atoms with Gasteiger partial charge in [0, 0.05) is 12.5 Å².